The quantitative estimate of drug-likeness (QED) is 0.290. The number of likely N-dealkylation sites (N-methyl/N-ethyl adjacent to an activating group) is 1. The van der Waals surface area contributed by atoms with E-state index in [4.69, 9.17) is 15.7 Å². The average molecular weight is 569 g/mol. The van der Waals surface area contributed by atoms with Gasteiger partial charge in [-0.1, -0.05) is 6.07 Å². The van der Waals surface area contributed by atoms with Gasteiger partial charge in [0.15, 0.2) is 5.82 Å². The van der Waals surface area contributed by atoms with Crippen LogP contribution < -0.4 is 15.5 Å². The summed E-state index contributed by atoms with van der Waals surface area (Å²) < 4.78 is 101. The minimum absolute atomic E-state index is 0.0825. The van der Waals surface area contributed by atoms with Crippen LogP contribution in [0.3, 0.4) is 0 Å². The van der Waals surface area contributed by atoms with E-state index in [0.29, 0.717) is 57.9 Å². The summed E-state index contributed by atoms with van der Waals surface area (Å²) in [5.74, 6) is -1.84. The number of aromatic nitrogens is 2. The van der Waals surface area contributed by atoms with Crippen LogP contribution >= 0.6 is 0 Å². The van der Waals surface area contributed by atoms with Gasteiger partial charge in [0, 0.05) is 73.6 Å². The van der Waals surface area contributed by atoms with Crippen molar-refractivity contribution in [3.05, 3.63) is 82.9 Å². The van der Waals surface area contributed by atoms with Crippen molar-refractivity contribution in [2.24, 2.45) is 0 Å². The second-order valence-corrected chi connectivity index (χ2v) is 9.96. The molecule has 2 fully saturated rings. The van der Waals surface area contributed by atoms with Crippen molar-refractivity contribution in [1.29, 1.82) is 0 Å². The lowest BCUT2D eigenvalue weighted by molar-refractivity contribution is 0.0904. The lowest BCUT2D eigenvalue weighted by Crippen LogP contribution is -2.44. The number of fused-ring (bicyclic) bond motifs is 1. The van der Waals surface area contributed by atoms with Crippen molar-refractivity contribution < 1.29 is 29.3 Å². The number of ether oxygens (including phenoxy) is 1. The molecule has 1 aromatic heterocycles. The number of aromatic amines is 1. The van der Waals surface area contributed by atoms with Gasteiger partial charge in [0.1, 0.15) is 11.6 Å². The van der Waals surface area contributed by atoms with Crippen LogP contribution in [-0.2, 0) is 11.2 Å². The number of carbonyl (C=O) groups is 1. The second kappa shape index (κ2) is 11.8. The number of rotatable bonds is 7. The van der Waals surface area contributed by atoms with E-state index >= 15 is 0 Å². The summed E-state index contributed by atoms with van der Waals surface area (Å²) in [5, 5.41) is 13.7. The fourth-order valence-electron chi connectivity index (χ4n) is 4.88. The predicted octanol–water partition coefficient (Wildman–Crippen LogP) is 5.03. The molecule has 8 nitrogen and oxygen atoms in total. The third-order valence-corrected chi connectivity index (χ3v) is 6.94. The first-order valence-electron chi connectivity index (χ1n) is 17.2. The first kappa shape index (κ1) is 19.2. The zero-order chi connectivity index (χ0) is 35.5. The van der Waals surface area contributed by atoms with Crippen molar-refractivity contribution in [1.82, 2.24) is 15.1 Å². The van der Waals surface area contributed by atoms with Crippen LogP contribution in [0.15, 0.2) is 54.6 Å². The fourth-order valence-corrected chi connectivity index (χ4v) is 4.88. The molecule has 2 aliphatic rings. The van der Waals surface area contributed by atoms with Crippen molar-refractivity contribution in [2.45, 2.75) is 25.3 Å². The fraction of sp³-hybridized carbons (Fsp3) is 0.355. The van der Waals surface area contributed by atoms with Gasteiger partial charge in [0.25, 0.3) is 5.91 Å². The molecule has 3 heterocycles. The molecule has 214 valence electrons. The molecular formula is C31H34F2N6O2. The standard InChI is InChI=1S/C31H34F2N6O2/c1-38-8-10-39(11-9-38)25-3-4-26(29(19-25)34-24-6-12-41-13-7-24)31(40)35-30-27-17-20(2-5-28(27)36-37-30)14-21-15-22(32)18-23(33)16-21/h2-5,15-19,24,34H,6-14H2,1H3,(H2,35,36,37,40)/i8D2,9D2,10D2,11D2. The Morgan fingerprint density at radius 3 is 2.54 bits per heavy atom. The highest BCUT2D eigenvalue weighted by atomic mass is 19.1. The van der Waals surface area contributed by atoms with E-state index in [1.807, 2.05) is 0 Å². The van der Waals surface area contributed by atoms with Crippen molar-refractivity contribution >= 4 is 34.0 Å². The molecule has 6 rings (SSSR count). The summed E-state index contributed by atoms with van der Waals surface area (Å²) in [6.45, 7) is -11.1. The number of halogens is 2. The Morgan fingerprint density at radius 1 is 1.02 bits per heavy atom. The Kier molecular flexibility index (Phi) is 5.53. The number of hydrogen-bond donors (Lipinski definition) is 3. The number of hydrogen-bond acceptors (Lipinski definition) is 6. The van der Waals surface area contributed by atoms with Gasteiger partial charge < -0.3 is 25.2 Å². The summed E-state index contributed by atoms with van der Waals surface area (Å²) in [5.41, 5.74) is 1.79. The smallest absolute Gasteiger partial charge is 0.258 e. The highest BCUT2D eigenvalue weighted by Gasteiger charge is 2.22. The molecule has 41 heavy (non-hydrogen) atoms. The van der Waals surface area contributed by atoms with Crippen LogP contribution in [0, 0.1) is 11.6 Å². The zero-order valence-electron chi connectivity index (χ0n) is 30.2. The van der Waals surface area contributed by atoms with Crippen LogP contribution in [0.2, 0.25) is 0 Å². The summed E-state index contributed by atoms with van der Waals surface area (Å²) in [6, 6.07) is 12.2. The number of piperazine rings is 1. The Bertz CT molecular complexity index is 1850. The van der Waals surface area contributed by atoms with Gasteiger partial charge in [-0.15, -0.1) is 0 Å². The molecule has 0 unspecified atom stereocenters. The minimum Gasteiger partial charge on any atom is -0.381 e. The van der Waals surface area contributed by atoms with Gasteiger partial charge in [0.05, 0.1) is 16.6 Å². The minimum atomic E-state index is -3.06. The Balaban J connectivity index is 1.36. The third kappa shape index (κ3) is 6.34. The first-order chi connectivity index (χ1) is 22.9. The second-order valence-electron chi connectivity index (χ2n) is 9.96. The highest BCUT2D eigenvalue weighted by Crippen LogP contribution is 2.29. The monoisotopic (exact) mass is 568 g/mol. The van der Waals surface area contributed by atoms with Crippen LogP contribution in [0.1, 0.15) is 45.3 Å². The molecule has 0 bridgehead atoms. The molecule has 4 aromatic rings. The summed E-state index contributed by atoms with van der Waals surface area (Å²) in [6.07, 6.45) is 1.37. The Labute approximate surface area is 248 Å². The van der Waals surface area contributed by atoms with Gasteiger partial charge in [-0.05, 0) is 79.9 Å². The topological polar surface area (TPSA) is 85.5 Å². The Morgan fingerprint density at radius 2 is 1.78 bits per heavy atom. The van der Waals surface area contributed by atoms with E-state index in [1.54, 1.807) is 18.2 Å². The molecule has 2 aliphatic heterocycles. The van der Waals surface area contributed by atoms with E-state index in [0.717, 1.165) is 13.1 Å². The molecular weight excluding hydrogens is 526 g/mol. The van der Waals surface area contributed by atoms with Crippen LogP contribution in [0.5, 0.6) is 0 Å². The summed E-state index contributed by atoms with van der Waals surface area (Å²) in [7, 11) is 0.988. The predicted molar refractivity (Wildman–Crippen MR) is 157 cm³/mol. The van der Waals surface area contributed by atoms with E-state index in [1.165, 1.54) is 30.3 Å². The number of nitrogens with one attached hydrogen (secondary N) is 3. The zero-order valence-corrected chi connectivity index (χ0v) is 22.2. The number of carbonyl (C=O) groups excluding carboxylic acids is 1. The molecule has 0 aliphatic carbocycles. The van der Waals surface area contributed by atoms with Crippen molar-refractivity contribution in [3.8, 4) is 0 Å². The number of amides is 1. The van der Waals surface area contributed by atoms with Gasteiger partial charge in [-0.2, -0.15) is 5.10 Å². The highest BCUT2D eigenvalue weighted by molar-refractivity contribution is 6.11. The molecule has 3 N–H and O–H groups in total. The lowest BCUT2D eigenvalue weighted by Gasteiger charge is -2.34. The van der Waals surface area contributed by atoms with Crippen molar-refractivity contribution in [3.63, 3.8) is 0 Å². The number of H-pyrrole nitrogens is 1. The lowest BCUT2D eigenvalue weighted by atomic mass is 10.0. The normalized spacial score (nSPS) is 24.5. The summed E-state index contributed by atoms with van der Waals surface area (Å²) >= 11 is 0. The molecule has 0 saturated carbocycles. The number of benzene rings is 3. The maximum absolute atomic E-state index is 13.9. The largest absolute Gasteiger partial charge is 0.381 e. The molecule has 0 radical (unpaired) electrons. The van der Waals surface area contributed by atoms with E-state index in [9.17, 15) is 13.6 Å². The molecule has 0 atom stereocenters. The van der Waals surface area contributed by atoms with Gasteiger partial charge in [0.2, 0.25) is 0 Å². The SMILES string of the molecule is [2H]C1([2H])N(C)C([2H])([2H])C([2H])([2H])N(c2ccc(C(=O)Nc3n[nH]c4ccc(Cc5cc(F)cc(F)c5)cc34)c(NC3CCOCC3)c2)C1([2H])[2H]. The molecule has 0 spiro atoms. The van der Waals surface area contributed by atoms with E-state index in [-0.39, 0.29) is 35.2 Å². The van der Waals surface area contributed by atoms with Gasteiger partial charge in [-0.3, -0.25) is 9.89 Å². The molecule has 2 saturated heterocycles. The number of anilines is 3. The van der Waals surface area contributed by atoms with E-state index < -0.39 is 43.5 Å². The van der Waals surface area contributed by atoms with Crippen molar-refractivity contribution in [2.75, 3.05) is 61.8 Å². The van der Waals surface area contributed by atoms with Gasteiger partial charge >= 0.3 is 0 Å². The maximum atomic E-state index is 13.9. The van der Waals surface area contributed by atoms with Crippen LogP contribution in [0.4, 0.5) is 26.0 Å². The molecule has 1 amide bonds. The first-order valence-corrected chi connectivity index (χ1v) is 13.2. The number of nitrogens with zero attached hydrogens (tertiary/aromatic N) is 3. The van der Waals surface area contributed by atoms with E-state index in [2.05, 4.69) is 20.8 Å². The third-order valence-electron chi connectivity index (χ3n) is 6.94. The molecule has 10 heteroatoms. The average Bonchev–Trinajstić information content (AvgIpc) is 3.41. The summed E-state index contributed by atoms with van der Waals surface area (Å²) in [4.78, 5) is 14.7. The van der Waals surface area contributed by atoms with Crippen LogP contribution in [0.25, 0.3) is 10.9 Å². The van der Waals surface area contributed by atoms with Gasteiger partial charge in [-0.25, -0.2) is 8.78 Å². The molecule has 3 aromatic carbocycles. The van der Waals surface area contributed by atoms with Crippen LogP contribution in [-0.4, -0.2) is 73.3 Å². The maximum Gasteiger partial charge on any atom is 0.258 e. The Hall–Kier alpha value is -4.02.